The fraction of sp³-hybridized carbons (Fsp3) is 0. The van der Waals surface area contributed by atoms with Gasteiger partial charge in [0.2, 0.25) is 0 Å². The van der Waals surface area contributed by atoms with Crippen LogP contribution in [0.25, 0.3) is 0 Å². The maximum absolute atomic E-state index is 11.4. The van der Waals surface area contributed by atoms with Gasteiger partial charge in [-0.05, 0) is 12.1 Å². The number of nitrogens with zero attached hydrogens (tertiary/aromatic N) is 2. The first-order valence-corrected chi connectivity index (χ1v) is 4.82. The van der Waals surface area contributed by atoms with E-state index in [1.54, 1.807) is 18.2 Å². The minimum atomic E-state index is -0.487. The summed E-state index contributed by atoms with van der Waals surface area (Å²) in [6, 6.07) is 4.95. The first-order valence-electron chi connectivity index (χ1n) is 3.74. The van der Waals surface area contributed by atoms with Gasteiger partial charge < -0.3 is 3.53 Å². The fourth-order valence-corrected chi connectivity index (χ4v) is 1.68. The van der Waals surface area contributed by atoms with E-state index in [0.717, 1.165) is 0 Å². The maximum atomic E-state index is 11.4. The van der Waals surface area contributed by atoms with Crippen molar-refractivity contribution in [2.45, 2.75) is 0 Å². The second-order valence-corrected chi connectivity index (χ2v) is 3.17. The van der Waals surface area contributed by atoms with Crippen LogP contribution in [0, 0.1) is 0 Å². The molecular weight excluding hydrogens is 297 g/mol. The van der Waals surface area contributed by atoms with Gasteiger partial charge in [-0.3, -0.25) is 9.59 Å². The molecule has 0 aliphatic carbocycles. The lowest BCUT2D eigenvalue weighted by molar-refractivity contribution is 0.0921. The van der Waals surface area contributed by atoms with Crippen LogP contribution in [-0.2, 0) is 0 Å². The number of anilines is 1. The number of benzene rings is 1. The van der Waals surface area contributed by atoms with E-state index in [2.05, 4.69) is 13.8 Å². The number of amides is 2. The third kappa shape index (κ3) is 1.31. The van der Waals surface area contributed by atoms with Gasteiger partial charge in [0.15, 0.2) is 0 Å². The second kappa shape index (κ2) is 3.45. The van der Waals surface area contributed by atoms with Crippen molar-refractivity contribution in [3.8, 4) is 0 Å². The standard InChI is InChI=1S/C8H4IN3O2/c9-10-5-3-1-2-4-6(5)8(14)12-11-7(4)13/h1-3,10H. The van der Waals surface area contributed by atoms with Crippen LogP contribution in [0.3, 0.4) is 0 Å². The molecule has 1 aromatic carbocycles. The Morgan fingerprint density at radius 2 is 1.86 bits per heavy atom. The van der Waals surface area contributed by atoms with E-state index in [4.69, 9.17) is 0 Å². The highest BCUT2D eigenvalue weighted by atomic mass is 127. The maximum Gasteiger partial charge on any atom is 0.298 e. The lowest BCUT2D eigenvalue weighted by atomic mass is 10.0. The number of nitrogens with one attached hydrogen (secondary N) is 1. The molecule has 5 nitrogen and oxygen atoms in total. The summed E-state index contributed by atoms with van der Waals surface area (Å²) >= 11 is 1.89. The molecule has 0 fully saturated rings. The van der Waals surface area contributed by atoms with Gasteiger partial charge in [0, 0.05) is 0 Å². The summed E-state index contributed by atoms with van der Waals surface area (Å²) in [5, 5.41) is 6.49. The van der Waals surface area contributed by atoms with Crippen molar-refractivity contribution in [1.82, 2.24) is 0 Å². The minimum absolute atomic E-state index is 0.293. The van der Waals surface area contributed by atoms with Crippen molar-refractivity contribution >= 4 is 40.4 Å². The van der Waals surface area contributed by atoms with E-state index < -0.39 is 11.8 Å². The van der Waals surface area contributed by atoms with Gasteiger partial charge in [-0.25, -0.2) is 0 Å². The van der Waals surface area contributed by atoms with Crippen LogP contribution >= 0.6 is 22.9 Å². The monoisotopic (exact) mass is 301 g/mol. The van der Waals surface area contributed by atoms with E-state index >= 15 is 0 Å². The van der Waals surface area contributed by atoms with Gasteiger partial charge in [0.1, 0.15) is 0 Å². The molecule has 14 heavy (non-hydrogen) atoms. The molecule has 0 bridgehead atoms. The van der Waals surface area contributed by atoms with E-state index in [9.17, 15) is 9.59 Å². The molecule has 1 heterocycles. The van der Waals surface area contributed by atoms with Crippen molar-refractivity contribution in [3.05, 3.63) is 29.3 Å². The van der Waals surface area contributed by atoms with Crippen molar-refractivity contribution in [1.29, 1.82) is 0 Å². The Kier molecular flexibility index (Phi) is 2.28. The van der Waals surface area contributed by atoms with Crippen molar-refractivity contribution in [2.75, 3.05) is 3.53 Å². The largest absolute Gasteiger partial charge is 0.328 e. The quantitative estimate of drug-likeness (QED) is 0.638. The van der Waals surface area contributed by atoms with Crippen molar-refractivity contribution in [2.24, 2.45) is 10.2 Å². The van der Waals surface area contributed by atoms with E-state index in [1.807, 2.05) is 22.9 Å². The first-order chi connectivity index (χ1) is 6.74. The smallest absolute Gasteiger partial charge is 0.298 e. The van der Waals surface area contributed by atoms with Crippen LogP contribution in [0.2, 0.25) is 0 Å². The van der Waals surface area contributed by atoms with Gasteiger partial charge >= 0.3 is 0 Å². The summed E-state index contributed by atoms with van der Waals surface area (Å²) in [4.78, 5) is 22.6. The normalized spacial score (nSPS) is 14.1. The second-order valence-electron chi connectivity index (χ2n) is 2.63. The molecule has 0 saturated heterocycles. The van der Waals surface area contributed by atoms with Crippen molar-refractivity contribution < 1.29 is 9.59 Å². The van der Waals surface area contributed by atoms with Crippen LogP contribution in [-0.4, -0.2) is 11.8 Å². The Bertz CT molecular complexity index is 456. The number of azo groups is 1. The molecule has 70 valence electrons. The van der Waals surface area contributed by atoms with Crippen LogP contribution < -0.4 is 3.53 Å². The number of hydrogen-bond acceptors (Lipinski definition) is 3. The number of carbonyl (C=O) groups is 2. The Balaban J connectivity index is 2.71. The van der Waals surface area contributed by atoms with Crippen LogP contribution in [0.15, 0.2) is 28.4 Å². The highest BCUT2D eigenvalue weighted by Gasteiger charge is 2.24. The Morgan fingerprint density at radius 3 is 2.57 bits per heavy atom. The summed E-state index contributed by atoms with van der Waals surface area (Å²) < 4.78 is 2.80. The zero-order valence-corrected chi connectivity index (χ0v) is 8.98. The number of hydrogen-bond donors (Lipinski definition) is 1. The summed E-state index contributed by atoms with van der Waals surface area (Å²) in [5.74, 6) is -0.965. The van der Waals surface area contributed by atoms with Gasteiger partial charge in [-0.2, -0.15) is 0 Å². The van der Waals surface area contributed by atoms with Crippen LogP contribution in [0.1, 0.15) is 20.7 Å². The molecule has 0 aromatic heterocycles. The number of carbonyl (C=O) groups excluding carboxylic acids is 2. The summed E-state index contributed by atoms with van der Waals surface area (Å²) in [6.07, 6.45) is 0. The zero-order valence-electron chi connectivity index (χ0n) is 6.82. The van der Waals surface area contributed by atoms with E-state index in [-0.39, 0.29) is 0 Å². The van der Waals surface area contributed by atoms with Gasteiger partial charge in [-0.15, -0.1) is 10.2 Å². The first kappa shape index (κ1) is 9.25. The SMILES string of the molecule is O=C1N=NC(=O)c2c(NI)cccc21. The number of rotatable bonds is 1. The predicted octanol–water partition coefficient (Wildman–Crippen LogP) is 2.19. The molecule has 0 radical (unpaired) electrons. The number of halogens is 1. The lowest BCUT2D eigenvalue weighted by Crippen LogP contribution is -2.12. The summed E-state index contributed by atoms with van der Waals surface area (Å²) in [7, 11) is 0. The molecule has 1 aromatic rings. The van der Waals surface area contributed by atoms with Gasteiger partial charge in [0.05, 0.1) is 39.7 Å². The molecule has 0 spiro atoms. The topological polar surface area (TPSA) is 70.9 Å². The van der Waals surface area contributed by atoms with E-state index in [0.29, 0.717) is 16.8 Å². The van der Waals surface area contributed by atoms with Gasteiger partial charge in [-0.1, -0.05) is 6.07 Å². The Morgan fingerprint density at radius 1 is 1.14 bits per heavy atom. The van der Waals surface area contributed by atoms with Gasteiger partial charge in [0.25, 0.3) is 11.8 Å². The molecule has 6 heteroatoms. The van der Waals surface area contributed by atoms with E-state index in [1.165, 1.54) is 0 Å². The fourth-order valence-electron chi connectivity index (χ4n) is 1.23. The molecule has 1 N–H and O–H groups in total. The molecular formula is C8H4IN3O2. The average molecular weight is 301 g/mol. The summed E-state index contributed by atoms with van der Waals surface area (Å²) in [5.41, 5.74) is 1.17. The average Bonchev–Trinajstić information content (AvgIpc) is 2.23. The molecule has 2 rings (SSSR count). The third-order valence-corrected chi connectivity index (χ3v) is 2.42. The Hall–Kier alpha value is -1.31. The number of fused-ring (bicyclic) bond motifs is 1. The van der Waals surface area contributed by atoms with Crippen molar-refractivity contribution in [3.63, 3.8) is 0 Å². The third-order valence-electron chi connectivity index (χ3n) is 1.84. The molecule has 0 unspecified atom stereocenters. The summed E-state index contributed by atoms with van der Waals surface area (Å²) in [6.45, 7) is 0. The molecule has 1 aliphatic rings. The predicted molar refractivity (Wildman–Crippen MR) is 57.6 cm³/mol. The highest BCUT2D eigenvalue weighted by Crippen LogP contribution is 2.25. The lowest BCUT2D eigenvalue weighted by Gasteiger charge is -2.10. The highest BCUT2D eigenvalue weighted by molar-refractivity contribution is 14.1. The minimum Gasteiger partial charge on any atom is -0.328 e. The molecule has 2 amide bonds. The van der Waals surface area contributed by atoms with Crippen LogP contribution in [0.5, 0.6) is 0 Å². The Labute approximate surface area is 93.1 Å². The zero-order chi connectivity index (χ0) is 10.1. The molecule has 1 aliphatic heterocycles. The molecule has 0 saturated carbocycles. The van der Waals surface area contributed by atoms with Crippen LogP contribution in [0.4, 0.5) is 5.69 Å². The molecule has 0 atom stereocenters.